The number of nitrogens with one attached hydrogen (secondary N) is 2. The Labute approximate surface area is 159 Å². The Balaban J connectivity index is 1.44. The number of hydrogen-bond donors (Lipinski definition) is 2. The Kier molecular flexibility index (Phi) is 4.73. The number of para-hydroxylation sites is 1. The maximum absolute atomic E-state index is 12.4. The van der Waals surface area contributed by atoms with E-state index in [0.29, 0.717) is 29.6 Å². The van der Waals surface area contributed by atoms with Crippen molar-refractivity contribution in [3.8, 4) is 16.5 Å². The van der Waals surface area contributed by atoms with E-state index in [-0.39, 0.29) is 12.1 Å². The molecule has 0 aliphatic carbocycles. The summed E-state index contributed by atoms with van der Waals surface area (Å²) in [6.07, 6.45) is 2.39. The summed E-state index contributed by atoms with van der Waals surface area (Å²) in [7, 11) is 0. The van der Waals surface area contributed by atoms with E-state index < -0.39 is 0 Å². The first kappa shape index (κ1) is 16.8. The van der Waals surface area contributed by atoms with Crippen molar-refractivity contribution < 1.29 is 9.53 Å². The Bertz CT molecular complexity index is 932. The highest BCUT2D eigenvalue weighted by molar-refractivity contribution is 7.13. The molecule has 0 spiro atoms. The lowest BCUT2D eigenvalue weighted by atomic mass is 10.0. The molecule has 2 N–H and O–H groups in total. The summed E-state index contributed by atoms with van der Waals surface area (Å²) < 4.78 is 5.62. The molecule has 1 aromatic carbocycles. The fraction of sp³-hybridized carbons (Fsp3) is 0.167. The van der Waals surface area contributed by atoms with Crippen molar-refractivity contribution in [1.82, 2.24) is 15.3 Å². The van der Waals surface area contributed by atoms with Crippen molar-refractivity contribution >= 4 is 34.8 Å². The second-order valence-electron chi connectivity index (χ2n) is 5.70. The van der Waals surface area contributed by atoms with Crippen LogP contribution in [0, 0.1) is 0 Å². The van der Waals surface area contributed by atoms with Crippen LogP contribution in [0.3, 0.4) is 0 Å². The van der Waals surface area contributed by atoms with Gasteiger partial charge in [0.1, 0.15) is 16.6 Å². The third-order valence-corrected chi connectivity index (χ3v) is 5.12. The molecule has 2 amide bonds. The molecule has 4 rings (SSSR count). The average Bonchev–Trinajstić information content (AvgIpc) is 3.12. The normalized spacial score (nSPS) is 15.7. The van der Waals surface area contributed by atoms with Crippen LogP contribution in [0.4, 0.5) is 10.6 Å². The van der Waals surface area contributed by atoms with E-state index in [9.17, 15) is 4.79 Å². The summed E-state index contributed by atoms with van der Waals surface area (Å²) in [6.45, 7) is 0.502. The molecule has 8 heteroatoms. The molecule has 0 bridgehead atoms. The number of aromatic nitrogens is 2. The lowest BCUT2D eigenvalue weighted by molar-refractivity contribution is 0.232. The molecule has 0 fully saturated rings. The Morgan fingerprint density at radius 1 is 1.27 bits per heavy atom. The smallest absolute Gasteiger partial charge is 0.320 e. The number of anilines is 1. The van der Waals surface area contributed by atoms with E-state index >= 15 is 0 Å². The number of amides is 2. The van der Waals surface area contributed by atoms with Gasteiger partial charge in [0, 0.05) is 23.6 Å². The van der Waals surface area contributed by atoms with Gasteiger partial charge in [-0.1, -0.05) is 29.8 Å². The zero-order chi connectivity index (χ0) is 17.9. The van der Waals surface area contributed by atoms with E-state index in [1.54, 1.807) is 17.6 Å². The molecular weight excluding hydrogens is 372 g/mol. The van der Waals surface area contributed by atoms with E-state index in [1.807, 2.05) is 30.3 Å². The number of halogens is 1. The fourth-order valence-electron chi connectivity index (χ4n) is 2.79. The first-order chi connectivity index (χ1) is 12.7. The third kappa shape index (κ3) is 3.49. The zero-order valence-electron chi connectivity index (χ0n) is 13.6. The number of urea groups is 1. The number of pyridine rings is 1. The van der Waals surface area contributed by atoms with Crippen LogP contribution in [-0.4, -0.2) is 22.6 Å². The minimum atomic E-state index is -0.319. The van der Waals surface area contributed by atoms with Crippen molar-refractivity contribution in [2.45, 2.75) is 12.5 Å². The summed E-state index contributed by atoms with van der Waals surface area (Å²) in [6, 6.07) is 10.7. The molecule has 0 unspecified atom stereocenters. The highest BCUT2D eigenvalue weighted by Crippen LogP contribution is 2.37. The molecule has 3 aromatic rings. The van der Waals surface area contributed by atoms with Crippen molar-refractivity contribution in [3.63, 3.8) is 0 Å². The molecule has 0 saturated heterocycles. The third-order valence-electron chi connectivity index (χ3n) is 3.96. The number of fused-ring (bicyclic) bond motifs is 1. The lowest BCUT2D eigenvalue weighted by Gasteiger charge is -2.27. The van der Waals surface area contributed by atoms with Crippen molar-refractivity contribution in [3.05, 3.63) is 58.6 Å². The minimum absolute atomic E-state index is 0.161. The van der Waals surface area contributed by atoms with Crippen LogP contribution in [0.1, 0.15) is 18.0 Å². The molecule has 26 heavy (non-hydrogen) atoms. The molecule has 1 aliphatic rings. The topological polar surface area (TPSA) is 76.1 Å². The second kappa shape index (κ2) is 7.31. The molecule has 0 saturated carbocycles. The SMILES string of the molecule is O=C(Nc1csc(-c2ccccn2)n1)N[C@H]1CCOc2c(Cl)cccc21. The van der Waals surface area contributed by atoms with Crippen LogP contribution < -0.4 is 15.4 Å². The molecule has 0 radical (unpaired) electrons. The standard InChI is InChI=1S/C18H15ClN4O2S/c19-12-5-3-4-11-13(7-9-25-16(11)12)21-18(24)23-15-10-26-17(22-15)14-6-1-2-8-20-14/h1-6,8,10,13H,7,9H2,(H2,21,23,24)/t13-/m0/s1. The summed E-state index contributed by atoms with van der Waals surface area (Å²) in [4.78, 5) is 21.0. The van der Waals surface area contributed by atoms with Crippen molar-refractivity contribution in [2.24, 2.45) is 0 Å². The van der Waals surface area contributed by atoms with Crippen LogP contribution in [0.5, 0.6) is 5.75 Å². The monoisotopic (exact) mass is 386 g/mol. The first-order valence-corrected chi connectivity index (χ1v) is 9.32. The molecule has 1 atom stereocenters. The van der Waals surface area contributed by atoms with E-state index in [0.717, 1.165) is 16.3 Å². The van der Waals surface area contributed by atoms with Crippen LogP contribution >= 0.6 is 22.9 Å². The van der Waals surface area contributed by atoms with Crippen molar-refractivity contribution in [1.29, 1.82) is 0 Å². The first-order valence-electron chi connectivity index (χ1n) is 8.06. The van der Waals surface area contributed by atoms with Crippen LogP contribution in [0.2, 0.25) is 5.02 Å². The van der Waals surface area contributed by atoms with E-state index in [2.05, 4.69) is 20.6 Å². The number of benzene rings is 1. The number of rotatable bonds is 3. The van der Waals surface area contributed by atoms with E-state index in [4.69, 9.17) is 16.3 Å². The van der Waals surface area contributed by atoms with Gasteiger partial charge in [0.25, 0.3) is 0 Å². The number of carbonyl (C=O) groups excluding carboxylic acids is 1. The molecule has 2 aromatic heterocycles. The van der Waals surface area contributed by atoms with Gasteiger partial charge in [-0.15, -0.1) is 11.3 Å². The van der Waals surface area contributed by atoms with Gasteiger partial charge < -0.3 is 10.1 Å². The van der Waals surface area contributed by atoms with Gasteiger partial charge >= 0.3 is 6.03 Å². The Hall–Kier alpha value is -2.64. The summed E-state index contributed by atoms with van der Waals surface area (Å²) in [5.74, 6) is 1.13. The number of hydrogen-bond acceptors (Lipinski definition) is 5. The quantitative estimate of drug-likeness (QED) is 0.694. The predicted octanol–water partition coefficient (Wildman–Crippen LogP) is 4.50. The van der Waals surface area contributed by atoms with Gasteiger partial charge in [-0.2, -0.15) is 0 Å². The highest BCUT2D eigenvalue weighted by atomic mass is 35.5. The van der Waals surface area contributed by atoms with E-state index in [1.165, 1.54) is 11.3 Å². The number of thiazole rings is 1. The number of nitrogens with zero attached hydrogens (tertiary/aromatic N) is 2. The van der Waals surface area contributed by atoms with Crippen LogP contribution in [-0.2, 0) is 0 Å². The van der Waals surface area contributed by atoms with Gasteiger partial charge in [-0.25, -0.2) is 9.78 Å². The van der Waals surface area contributed by atoms with Crippen LogP contribution in [0.15, 0.2) is 48.0 Å². The van der Waals surface area contributed by atoms with Gasteiger partial charge in [0.2, 0.25) is 0 Å². The largest absolute Gasteiger partial charge is 0.492 e. The Morgan fingerprint density at radius 2 is 2.19 bits per heavy atom. The number of carbonyl (C=O) groups is 1. The predicted molar refractivity (Wildman–Crippen MR) is 102 cm³/mol. The summed E-state index contributed by atoms with van der Waals surface area (Å²) in [5, 5.41) is 8.83. The Morgan fingerprint density at radius 3 is 3.04 bits per heavy atom. The molecule has 3 heterocycles. The van der Waals surface area contributed by atoms with Crippen LogP contribution in [0.25, 0.3) is 10.7 Å². The van der Waals surface area contributed by atoms with Crippen molar-refractivity contribution in [2.75, 3.05) is 11.9 Å². The lowest BCUT2D eigenvalue weighted by Crippen LogP contribution is -2.35. The average molecular weight is 387 g/mol. The summed E-state index contributed by atoms with van der Waals surface area (Å²) in [5.41, 5.74) is 1.66. The minimum Gasteiger partial charge on any atom is -0.492 e. The maximum atomic E-state index is 12.4. The molecular formula is C18H15ClN4O2S. The molecule has 6 nitrogen and oxygen atoms in total. The molecule has 1 aliphatic heterocycles. The fourth-order valence-corrected chi connectivity index (χ4v) is 3.75. The van der Waals surface area contributed by atoms with Gasteiger partial charge in [0.15, 0.2) is 0 Å². The molecule has 132 valence electrons. The van der Waals surface area contributed by atoms with Gasteiger partial charge in [-0.3, -0.25) is 10.3 Å². The summed E-state index contributed by atoms with van der Waals surface area (Å²) >= 11 is 7.59. The second-order valence-corrected chi connectivity index (χ2v) is 6.96. The number of ether oxygens (including phenoxy) is 1. The highest BCUT2D eigenvalue weighted by Gasteiger charge is 2.24. The van der Waals surface area contributed by atoms with Gasteiger partial charge in [0.05, 0.1) is 23.4 Å². The maximum Gasteiger partial charge on any atom is 0.320 e. The zero-order valence-corrected chi connectivity index (χ0v) is 15.2. The van der Waals surface area contributed by atoms with Gasteiger partial charge in [-0.05, 0) is 18.2 Å².